The Balaban J connectivity index is 0.00000272. The minimum absolute atomic E-state index is 0. The predicted molar refractivity (Wildman–Crippen MR) is 123 cm³/mol. The van der Waals surface area contributed by atoms with E-state index in [0.717, 1.165) is 10.9 Å². The third kappa shape index (κ3) is 4.47. The van der Waals surface area contributed by atoms with Gasteiger partial charge in [0.15, 0.2) is 17.3 Å². The van der Waals surface area contributed by atoms with Crippen molar-refractivity contribution in [2.24, 2.45) is 0 Å². The molecule has 0 N–H and O–H groups in total. The van der Waals surface area contributed by atoms with Crippen molar-refractivity contribution in [2.75, 3.05) is 14.2 Å². The number of nitrogens with zero attached hydrogens (tertiary/aromatic N) is 1. The zero-order valence-corrected chi connectivity index (χ0v) is 18.2. The van der Waals surface area contributed by atoms with E-state index in [1.165, 1.54) is 0 Å². The number of ether oxygens (including phenoxy) is 3. The van der Waals surface area contributed by atoms with Gasteiger partial charge < -0.3 is 14.2 Å². The number of halogens is 1. The molecule has 158 valence electrons. The van der Waals surface area contributed by atoms with Crippen molar-refractivity contribution < 1.29 is 19.0 Å². The molecule has 6 heteroatoms. The number of hydrogen-bond donors (Lipinski definition) is 0. The van der Waals surface area contributed by atoms with Gasteiger partial charge in [0, 0.05) is 23.2 Å². The summed E-state index contributed by atoms with van der Waals surface area (Å²) in [4.78, 5) is 17.5. The van der Waals surface area contributed by atoms with Gasteiger partial charge in [-0.3, -0.25) is 9.78 Å². The van der Waals surface area contributed by atoms with Crippen molar-refractivity contribution in [2.45, 2.75) is 6.92 Å². The fourth-order valence-electron chi connectivity index (χ4n) is 3.31. The summed E-state index contributed by atoms with van der Waals surface area (Å²) in [7, 11) is 3.16. The van der Waals surface area contributed by atoms with Crippen LogP contribution in [0.2, 0.25) is 0 Å². The zero-order chi connectivity index (χ0) is 21.1. The van der Waals surface area contributed by atoms with E-state index in [-0.39, 0.29) is 18.2 Å². The molecule has 0 bridgehead atoms. The van der Waals surface area contributed by atoms with Crippen LogP contribution < -0.4 is 14.2 Å². The fourth-order valence-corrected chi connectivity index (χ4v) is 3.31. The quantitative estimate of drug-likeness (QED) is 0.347. The maximum absolute atomic E-state index is 13.1. The predicted octanol–water partition coefficient (Wildman–Crippen LogP) is 6.01. The first-order valence-corrected chi connectivity index (χ1v) is 9.49. The van der Waals surface area contributed by atoms with Gasteiger partial charge in [-0.15, -0.1) is 12.4 Å². The number of ketones is 1. The lowest BCUT2D eigenvalue weighted by molar-refractivity contribution is 0.103. The fraction of sp³-hybridized carbons (Fsp3) is 0.120. The molecule has 0 spiro atoms. The number of fused-ring (bicyclic) bond motifs is 1. The van der Waals surface area contributed by atoms with Crippen molar-refractivity contribution in [1.29, 1.82) is 0 Å². The first-order chi connectivity index (χ1) is 14.6. The second-order valence-corrected chi connectivity index (χ2v) is 6.83. The highest BCUT2D eigenvalue weighted by molar-refractivity contribution is 6.11. The third-order valence-corrected chi connectivity index (χ3v) is 4.84. The normalized spacial score (nSPS) is 10.3. The average molecular weight is 436 g/mol. The van der Waals surface area contributed by atoms with Gasteiger partial charge in [0.2, 0.25) is 0 Å². The molecule has 0 aliphatic carbocycles. The standard InChI is InChI=1S/C25H21NO4.ClH/c1-16-9-10-21(19(13-16)25(27)17-7-5-4-6-8-17)30-22-11-12-26-20-15-24(29-3)23(28-2)14-18(20)22;/h4-15H,1-3H3;1H. The van der Waals surface area contributed by atoms with Crippen LogP contribution in [0.15, 0.2) is 72.9 Å². The number of methoxy groups -OCH3 is 2. The lowest BCUT2D eigenvalue weighted by Crippen LogP contribution is -2.04. The topological polar surface area (TPSA) is 57.7 Å². The first kappa shape index (κ1) is 22.1. The maximum atomic E-state index is 13.1. The van der Waals surface area contributed by atoms with Gasteiger partial charge in [-0.2, -0.15) is 0 Å². The Hall–Kier alpha value is -3.57. The van der Waals surface area contributed by atoms with Crippen LogP contribution in [0.3, 0.4) is 0 Å². The summed E-state index contributed by atoms with van der Waals surface area (Å²) in [5.41, 5.74) is 2.80. The van der Waals surface area contributed by atoms with Gasteiger partial charge >= 0.3 is 0 Å². The van der Waals surface area contributed by atoms with Crippen LogP contribution in [0.25, 0.3) is 10.9 Å². The Bertz CT molecular complexity index is 1230. The van der Waals surface area contributed by atoms with Crippen LogP contribution in [0, 0.1) is 6.92 Å². The molecule has 4 rings (SSSR count). The summed E-state index contributed by atoms with van der Waals surface area (Å²) < 4.78 is 17.0. The monoisotopic (exact) mass is 435 g/mol. The average Bonchev–Trinajstić information content (AvgIpc) is 2.79. The molecule has 4 aromatic rings. The van der Waals surface area contributed by atoms with Crippen molar-refractivity contribution in [3.63, 3.8) is 0 Å². The Labute approximate surface area is 187 Å². The van der Waals surface area contributed by atoms with E-state index in [2.05, 4.69) is 4.98 Å². The second kappa shape index (κ2) is 9.49. The molecule has 0 fully saturated rings. The number of aryl methyl sites for hydroxylation is 1. The summed E-state index contributed by atoms with van der Waals surface area (Å²) in [5.74, 6) is 2.13. The Morgan fingerprint density at radius 3 is 2.23 bits per heavy atom. The summed E-state index contributed by atoms with van der Waals surface area (Å²) in [6, 6.07) is 20.1. The molecule has 3 aromatic carbocycles. The van der Waals surface area contributed by atoms with Gasteiger partial charge in [-0.25, -0.2) is 0 Å². The summed E-state index contributed by atoms with van der Waals surface area (Å²) >= 11 is 0. The molecule has 0 amide bonds. The molecule has 1 aromatic heterocycles. The number of carbonyl (C=O) groups is 1. The number of pyridine rings is 1. The minimum atomic E-state index is -0.0908. The molecule has 0 radical (unpaired) electrons. The number of rotatable bonds is 6. The molecular formula is C25H22ClNO4. The van der Waals surface area contributed by atoms with Crippen LogP contribution in [-0.4, -0.2) is 25.0 Å². The number of benzene rings is 3. The van der Waals surface area contributed by atoms with Gasteiger partial charge in [0.1, 0.15) is 11.5 Å². The number of hydrogen-bond acceptors (Lipinski definition) is 5. The van der Waals surface area contributed by atoms with Gasteiger partial charge in [0.25, 0.3) is 0 Å². The van der Waals surface area contributed by atoms with Crippen molar-refractivity contribution in [1.82, 2.24) is 4.98 Å². The molecule has 1 heterocycles. The Kier molecular flexibility index (Phi) is 6.78. The molecule has 0 aliphatic rings. The highest BCUT2D eigenvalue weighted by Gasteiger charge is 2.17. The lowest BCUT2D eigenvalue weighted by Gasteiger charge is -2.14. The Morgan fingerprint density at radius 1 is 0.806 bits per heavy atom. The van der Waals surface area contributed by atoms with E-state index in [9.17, 15) is 4.79 Å². The van der Waals surface area contributed by atoms with E-state index in [4.69, 9.17) is 14.2 Å². The Morgan fingerprint density at radius 2 is 1.52 bits per heavy atom. The van der Waals surface area contributed by atoms with Crippen molar-refractivity contribution in [3.8, 4) is 23.0 Å². The van der Waals surface area contributed by atoms with Crippen LogP contribution in [0.4, 0.5) is 0 Å². The molecular weight excluding hydrogens is 414 g/mol. The molecule has 0 atom stereocenters. The molecule has 0 saturated heterocycles. The summed E-state index contributed by atoms with van der Waals surface area (Å²) in [6.45, 7) is 1.95. The first-order valence-electron chi connectivity index (χ1n) is 9.49. The third-order valence-electron chi connectivity index (χ3n) is 4.84. The summed E-state index contributed by atoms with van der Waals surface area (Å²) in [6.07, 6.45) is 1.66. The van der Waals surface area contributed by atoms with E-state index < -0.39 is 0 Å². The van der Waals surface area contributed by atoms with E-state index in [1.807, 2.05) is 49.4 Å². The number of carbonyl (C=O) groups excluding carboxylic acids is 1. The maximum Gasteiger partial charge on any atom is 0.196 e. The molecule has 31 heavy (non-hydrogen) atoms. The van der Waals surface area contributed by atoms with Gasteiger partial charge in [0.05, 0.1) is 25.3 Å². The van der Waals surface area contributed by atoms with Crippen molar-refractivity contribution in [3.05, 3.63) is 89.6 Å². The lowest BCUT2D eigenvalue weighted by atomic mass is 10.0. The SMILES string of the molecule is COc1cc2nccc(Oc3ccc(C)cc3C(=O)c3ccccc3)c2cc1OC.Cl. The van der Waals surface area contributed by atoms with Crippen LogP contribution in [0.5, 0.6) is 23.0 Å². The summed E-state index contributed by atoms with van der Waals surface area (Å²) in [5, 5.41) is 0.758. The molecule has 5 nitrogen and oxygen atoms in total. The second-order valence-electron chi connectivity index (χ2n) is 6.83. The van der Waals surface area contributed by atoms with Gasteiger partial charge in [-0.05, 0) is 31.2 Å². The van der Waals surface area contributed by atoms with Crippen molar-refractivity contribution >= 4 is 29.1 Å². The largest absolute Gasteiger partial charge is 0.493 e. The highest BCUT2D eigenvalue weighted by atomic mass is 35.5. The van der Waals surface area contributed by atoms with E-state index in [1.54, 1.807) is 44.7 Å². The molecule has 0 saturated carbocycles. The number of aromatic nitrogens is 1. The van der Waals surface area contributed by atoms with Gasteiger partial charge in [-0.1, -0.05) is 42.0 Å². The van der Waals surface area contributed by atoms with Crippen LogP contribution >= 0.6 is 12.4 Å². The minimum Gasteiger partial charge on any atom is -0.493 e. The highest BCUT2D eigenvalue weighted by Crippen LogP contribution is 2.37. The van der Waals surface area contributed by atoms with E-state index in [0.29, 0.717) is 39.6 Å². The van der Waals surface area contributed by atoms with Crippen LogP contribution in [-0.2, 0) is 0 Å². The molecule has 0 unspecified atom stereocenters. The van der Waals surface area contributed by atoms with E-state index >= 15 is 0 Å². The molecule has 0 aliphatic heterocycles. The zero-order valence-electron chi connectivity index (χ0n) is 17.4. The van der Waals surface area contributed by atoms with Crippen LogP contribution in [0.1, 0.15) is 21.5 Å². The smallest absolute Gasteiger partial charge is 0.196 e.